The Hall–Kier alpha value is -1.06. The number of unbranched alkanes of at least 4 members (excludes halogenated alkanes) is 18. The maximum absolute atomic E-state index is 2.96. The number of aryl methyl sites for hydroxylation is 6. The maximum atomic E-state index is 2.83. The van der Waals surface area contributed by atoms with Gasteiger partial charge in [0.15, 0.2) is 0 Å². The van der Waals surface area contributed by atoms with E-state index in [0.29, 0.717) is 0 Å². The molecule has 1 aliphatic rings. The number of benzene rings is 3. The van der Waals surface area contributed by atoms with Crippen molar-refractivity contribution in [2.75, 3.05) is 0 Å². The second kappa shape index (κ2) is 35.2. The number of hydrogen-bond acceptors (Lipinski definition) is 0. The first-order chi connectivity index (χ1) is 31.5. The SMILES string of the molecule is CCCCCCc1cc(CCCCCC)cc([Si](c2cc(CCCCCC)cc(CCCCCC)c2)(c2cc(CCCCCC)cc(CCCCCC)c2)[C]2([Ti+3])C(C)=C(C)C(C)=C2C)c1.[Cl-].[Cl-].[Cl-]. The van der Waals surface area contributed by atoms with Gasteiger partial charge in [-0.05, 0) is 0 Å². The average Bonchev–Trinajstić information content (AvgIpc) is 3.45. The quantitative estimate of drug-likeness (QED) is 0.0319. The Morgan fingerprint density at radius 2 is 0.500 bits per heavy atom. The Morgan fingerprint density at radius 1 is 0.309 bits per heavy atom. The van der Waals surface area contributed by atoms with Crippen LogP contribution < -0.4 is 52.8 Å². The fourth-order valence-electron chi connectivity index (χ4n) is 11.5. The van der Waals surface area contributed by atoms with Crippen LogP contribution >= 0.6 is 0 Å². The van der Waals surface area contributed by atoms with Gasteiger partial charge in [0, 0.05) is 0 Å². The minimum Gasteiger partial charge on any atom is -1.00 e. The fraction of sp³-hybridized carbons (Fsp3) is 0.651. The molecule has 1 aliphatic carbocycles. The first-order valence-corrected chi connectivity index (χ1v) is 30.8. The Bertz CT molecular complexity index is 1640. The van der Waals surface area contributed by atoms with E-state index >= 15 is 0 Å². The summed E-state index contributed by atoms with van der Waals surface area (Å²) in [5.74, 6) is 0. The summed E-state index contributed by atoms with van der Waals surface area (Å²) in [6, 6.07) is 25.0. The summed E-state index contributed by atoms with van der Waals surface area (Å²) >= 11 is 2.77. The minimum absolute atomic E-state index is 0. The Balaban J connectivity index is 0.00000771. The van der Waals surface area contributed by atoms with Crippen LogP contribution in [0.4, 0.5) is 0 Å². The molecule has 0 nitrogen and oxygen atoms in total. The monoisotopic (exact) mass is 1040 g/mol. The van der Waals surface area contributed by atoms with Gasteiger partial charge in [-0.2, -0.15) is 0 Å². The molecule has 0 fully saturated rings. The van der Waals surface area contributed by atoms with Crippen molar-refractivity contribution in [3.8, 4) is 0 Å². The summed E-state index contributed by atoms with van der Waals surface area (Å²) in [5, 5.41) is 5.08. The number of hydrogen-bond donors (Lipinski definition) is 0. The van der Waals surface area contributed by atoms with Crippen LogP contribution in [-0.4, -0.2) is 8.07 Å². The van der Waals surface area contributed by atoms with Crippen molar-refractivity contribution >= 4 is 23.6 Å². The van der Waals surface area contributed by atoms with Gasteiger partial charge in [-0.15, -0.1) is 0 Å². The normalized spacial score (nSPS) is 13.5. The molecule has 0 aromatic heterocycles. The van der Waals surface area contributed by atoms with E-state index in [0.717, 1.165) is 0 Å². The molecular weight excluding hydrogens is 939 g/mol. The van der Waals surface area contributed by atoms with E-state index in [9.17, 15) is 0 Å². The van der Waals surface area contributed by atoms with Crippen LogP contribution in [0.2, 0.25) is 3.34 Å². The van der Waals surface area contributed by atoms with Crippen molar-refractivity contribution in [3.05, 3.63) is 110 Å². The summed E-state index contributed by atoms with van der Waals surface area (Å²) in [4.78, 5) is 0. The van der Waals surface area contributed by atoms with Gasteiger partial charge in [-0.25, -0.2) is 0 Å². The van der Waals surface area contributed by atoms with Crippen LogP contribution in [0.25, 0.3) is 0 Å². The van der Waals surface area contributed by atoms with Crippen LogP contribution in [0.3, 0.4) is 0 Å². The third kappa shape index (κ3) is 17.9. The van der Waals surface area contributed by atoms with E-state index < -0.39 is 8.07 Å². The zero-order valence-corrected chi connectivity index (χ0v) is 50.4. The third-order valence-electron chi connectivity index (χ3n) is 15.7. The van der Waals surface area contributed by atoms with Gasteiger partial charge in [-0.1, -0.05) is 0 Å². The molecule has 0 aliphatic heterocycles. The van der Waals surface area contributed by atoms with Gasteiger partial charge >= 0.3 is 420 Å². The van der Waals surface area contributed by atoms with E-state index in [-0.39, 0.29) is 40.6 Å². The van der Waals surface area contributed by atoms with Gasteiger partial charge < -0.3 is 37.2 Å². The Morgan fingerprint density at radius 3 is 0.676 bits per heavy atom. The summed E-state index contributed by atoms with van der Waals surface area (Å²) in [7, 11) is -2.96. The zero-order valence-electron chi connectivity index (χ0n) is 45.5. The molecule has 5 heteroatoms. The smallest absolute Gasteiger partial charge is 1.00 e. The topological polar surface area (TPSA) is 0 Å². The fourth-order valence-corrected chi connectivity index (χ4v) is 20.3. The number of allylic oxidation sites excluding steroid dienone is 4. The predicted molar refractivity (Wildman–Crippen MR) is 290 cm³/mol. The van der Waals surface area contributed by atoms with Gasteiger partial charge in [-0.3, -0.25) is 0 Å². The van der Waals surface area contributed by atoms with Gasteiger partial charge in [0.25, 0.3) is 0 Å². The molecule has 380 valence electrons. The zero-order chi connectivity index (χ0) is 47.1. The molecule has 3 aromatic carbocycles. The predicted octanol–water partition coefficient (Wildman–Crippen LogP) is 8.84. The second-order valence-electron chi connectivity index (χ2n) is 21.0. The van der Waals surface area contributed by atoms with Crippen molar-refractivity contribution in [1.82, 2.24) is 0 Å². The van der Waals surface area contributed by atoms with Crippen molar-refractivity contribution in [2.45, 2.75) is 265 Å². The number of halogens is 3. The Labute approximate surface area is 453 Å². The molecule has 0 spiro atoms. The van der Waals surface area contributed by atoms with Crippen LogP contribution in [0, 0.1) is 0 Å². The Kier molecular flexibility index (Phi) is 33.6. The molecule has 68 heavy (non-hydrogen) atoms. The average molecular weight is 1040 g/mol. The van der Waals surface area contributed by atoms with Gasteiger partial charge in [0.1, 0.15) is 0 Å². The number of rotatable bonds is 34. The maximum Gasteiger partial charge on any atom is -1.00 e. The van der Waals surface area contributed by atoms with Crippen LogP contribution in [-0.2, 0) is 59.0 Å². The molecule has 0 heterocycles. The standard InChI is InChI=1S/C63H99Si.3ClH.Ti/c1-11-17-23-29-35-54-41-55(36-30-24-18-12-2)45-60(44-54)64(63-52(9)50(7)51(8)53(63)10,61-46-56(37-31-25-19-13-3)42-57(47-61)38-32-26-20-14-4)62-48-58(39-33-27-21-15-5)43-59(49-62)40-34-28-22-16-6;;;;/h41-49H,11-40H2,1-10H3;3*1H;/q;;;;+3/p-3. The molecule has 0 radical (unpaired) electrons. The molecule has 0 amide bonds. The molecule has 0 unspecified atom stereocenters. The summed E-state index contributed by atoms with van der Waals surface area (Å²) < 4.78 is -0.109. The van der Waals surface area contributed by atoms with Crippen molar-refractivity contribution in [3.63, 3.8) is 0 Å². The van der Waals surface area contributed by atoms with Gasteiger partial charge in [0.2, 0.25) is 0 Å². The van der Waals surface area contributed by atoms with Crippen molar-refractivity contribution in [2.24, 2.45) is 0 Å². The first kappa shape index (κ1) is 65.0. The van der Waals surface area contributed by atoms with Crippen molar-refractivity contribution in [1.29, 1.82) is 0 Å². The summed E-state index contributed by atoms with van der Waals surface area (Å²) in [6.07, 6.45) is 38.7. The van der Waals surface area contributed by atoms with Crippen LogP contribution in [0.15, 0.2) is 76.9 Å². The molecule has 0 saturated carbocycles. The van der Waals surface area contributed by atoms with E-state index in [4.69, 9.17) is 0 Å². The van der Waals surface area contributed by atoms with E-state index in [2.05, 4.69) is 144 Å². The molecule has 4 rings (SSSR count). The van der Waals surface area contributed by atoms with Crippen molar-refractivity contribution < 1.29 is 57.7 Å². The molecule has 3 aromatic rings. The summed E-state index contributed by atoms with van der Waals surface area (Å²) in [6.45, 7) is 24.2. The van der Waals surface area contributed by atoms with Gasteiger partial charge in [0.05, 0.1) is 0 Å². The first-order valence-electron chi connectivity index (χ1n) is 28.1. The molecule has 0 saturated heterocycles. The largest absolute Gasteiger partial charge is 1.00 e. The van der Waals surface area contributed by atoms with E-state index in [1.807, 2.05) is 0 Å². The van der Waals surface area contributed by atoms with E-state index in [1.165, 1.54) is 193 Å². The van der Waals surface area contributed by atoms with Crippen LogP contribution in [0.1, 0.15) is 257 Å². The molecule has 0 bridgehead atoms. The van der Waals surface area contributed by atoms with Crippen LogP contribution in [0.5, 0.6) is 0 Å². The second-order valence-corrected chi connectivity index (χ2v) is 26.9. The minimum atomic E-state index is -2.96. The van der Waals surface area contributed by atoms with E-state index in [1.54, 1.807) is 71.2 Å². The molecular formula is C63H99Cl3SiTi. The third-order valence-corrected chi connectivity index (χ3v) is 24.0. The summed E-state index contributed by atoms with van der Waals surface area (Å²) in [5.41, 5.74) is 16.0. The molecule has 0 N–H and O–H groups in total. The molecule has 0 atom stereocenters.